The van der Waals surface area contributed by atoms with Gasteiger partial charge in [0, 0.05) is 30.6 Å². The van der Waals surface area contributed by atoms with Crippen LogP contribution in [0.2, 0.25) is 0 Å². The van der Waals surface area contributed by atoms with Crippen molar-refractivity contribution in [2.75, 3.05) is 29.5 Å². The van der Waals surface area contributed by atoms with Crippen molar-refractivity contribution < 1.29 is 23.9 Å². The lowest BCUT2D eigenvalue weighted by Crippen LogP contribution is -2.54. The van der Waals surface area contributed by atoms with Gasteiger partial charge in [-0.05, 0) is 108 Å². The predicted octanol–water partition coefficient (Wildman–Crippen LogP) is 8.18. The van der Waals surface area contributed by atoms with Crippen molar-refractivity contribution in [3.05, 3.63) is 123 Å². The topological polar surface area (TPSA) is 88.2 Å². The molecule has 0 radical (unpaired) electrons. The van der Waals surface area contributed by atoms with E-state index in [4.69, 9.17) is 9.47 Å². The van der Waals surface area contributed by atoms with Crippen molar-refractivity contribution >= 4 is 51.2 Å². The third kappa shape index (κ3) is 6.23. The Morgan fingerprint density at radius 2 is 1.47 bits per heavy atom. The van der Waals surface area contributed by atoms with Crippen LogP contribution in [0.3, 0.4) is 0 Å². The van der Waals surface area contributed by atoms with Crippen molar-refractivity contribution in [2.24, 2.45) is 0 Å². The molecule has 4 aromatic carbocycles. The molecule has 2 atom stereocenters. The van der Waals surface area contributed by atoms with Crippen LogP contribution in [0.5, 0.6) is 11.5 Å². The van der Waals surface area contributed by atoms with Gasteiger partial charge < -0.3 is 14.4 Å². The lowest BCUT2D eigenvalue weighted by atomic mass is 9.76. The molecule has 8 nitrogen and oxygen atoms in total. The molecule has 0 aromatic heterocycles. The fourth-order valence-electron chi connectivity index (χ4n) is 7.31. The number of urea groups is 1. The third-order valence-corrected chi connectivity index (χ3v) is 9.95. The first kappa shape index (κ1) is 32.6. The second-order valence-electron chi connectivity index (χ2n) is 12.9. The van der Waals surface area contributed by atoms with Gasteiger partial charge in [0.15, 0.2) is 11.5 Å². The van der Waals surface area contributed by atoms with E-state index in [1.807, 2.05) is 69.3 Å². The van der Waals surface area contributed by atoms with E-state index in [2.05, 4.69) is 50.4 Å². The molecule has 4 amide bonds. The predicted molar refractivity (Wildman–Crippen MR) is 195 cm³/mol. The SMILES string of the molecule is CCOc1cc(/C=C2\C(=O)NC(=O)N(c3cc4c5c(c3)[C@@H](c3ccccc3)CCN5CC[C@@H]4c3ccccc3)C2=O)cc(Br)c1OC(C)C. The molecule has 0 saturated carbocycles. The minimum Gasteiger partial charge on any atom is -0.490 e. The van der Waals surface area contributed by atoms with Gasteiger partial charge in [0.2, 0.25) is 0 Å². The van der Waals surface area contributed by atoms with Crippen LogP contribution in [0.25, 0.3) is 6.08 Å². The number of anilines is 2. The van der Waals surface area contributed by atoms with E-state index in [0.29, 0.717) is 33.8 Å². The lowest BCUT2D eigenvalue weighted by molar-refractivity contribution is -0.122. The number of halogens is 1. The summed E-state index contributed by atoms with van der Waals surface area (Å²) < 4.78 is 12.4. The number of amides is 4. The number of barbiturate groups is 1. The Morgan fingerprint density at radius 1 is 0.878 bits per heavy atom. The molecule has 3 aliphatic rings. The Morgan fingerprint density at radius 3 is 2.02 bits per heavy atom. The number of hydrogen-bond donors (Lipinski definition) is 1. The maximum atomic E-state index is 14.3. The van der Waals surface area contributed by atoms with E-state index in [9.17, 15) is 14.4 Å². The Hall–Kier alpha value is -4.89. The van der Waals surface area contributed by atoms with Crippen molar-refractivity contribution in [3.63, 3.8) is 0 Å². The quantitative estimate of drug-likeness (QED) is 0.146. The minimum absolute atomic E-state index is 0.0844. The van der Waals surface area contributed by atoms with Gasteiger partial charge in [0.05, 0.1) is 22.9 Å². The van der Waals surface area contributed by atoms with E-state index in [1.165, 1.54) is 22.9 Å². The zero-order valence-corrected chi connectivity index (χ0v) is 29.3. The lowest BCUT2D eigenvalue weighted by Gasteiger charge is -2.44. The normalized spacial score (nSPS) is 19.6. The van der Waals surface area contributed by atoms with Gasteiger partial charge in [-0.15, -0.1) is 0 Å². The molecule has 0 spiro atoms. The zero-order chi connectivity index (χ0) is 34.2. The average molecular weight is 721 g/mol. The van der Waals surface area contributed by atoms with E-state index in [0.717, 1.165) is 42.0 Å². The van der Waals surface area contributed by atoms with Gasteiger partial charge in [0.1, 0.15) is 5.57 Å². The molecule has 3 aliphatic heterocycles. The number of hydrogen-bond acceptors (Lipinski definition) is 6. The van der Waals surface area contributed by atoms with Crippen LogP contribution in [0.15, 0.2) is 95.0 Å². The number of nitrogens with one attached hydrogen (secondary N) is 1. The number of ether oxygens (including phenoxy) is 2. The summed E-state index contributed by atoms with van der Waals surface area (Å²) in [7, 11) is 0. The molecular formula is C40H38BrN3O5. The van der Waals surface area contributed by atoms with Gasteiger partial charge in [-0.1, -0.05) is 60.7 Å². The summed E-state index contributed by atoms with van der Waals surface area (Å²) in [4.78, 5) is 44.7. The molecule has 1 saturated heterocycles. The van der Waals surface area contributed by atoms with Crippen molar-refractivity contribution in [2.45, 2.75) is 51.6 Å². The number of imide groups is 2. The second kappa shape index (κ2) is 13.6. The molecule has 7 rings (SSSR count). The molecule has 4 aromatic rings. The van der Waals surface area contributed by atoms with Crippen LogP contribution in [0.1, 0.15) is 73.3 Å². The van der Waals surface area contributed by atoms with Gasteiger partial charge in [-0.25, -0.2) is 9.69 Å². The number of benzene rings is 4. The van der Waals surface area contributed by atoms with Crippen LogP contribution < -0.4 is 24.6 Å². The van der Waals surface area contributed by atoms with Gasteiger partial charge in [-0.3, -0.25) is 14.9 Å². The molecule has 1 N–H and O–H groups in total. The highest BCUT2D eigenvalue weighted by Gasteiger charge is 2.40. The molecule has 1 fully saturated rings. The van der Waals surface area contributed by atoms with Crippen molar-refractivity contribution in [1.82, 2.24) is 5.32 Å². The highest BCUT2D eigenvalue weighted by atomic mass is 79.9. The zero-order valence-electron chi connectivity index (χ0n) is 27.7. The summed E-state index contributed by atoms with van der Waals surface area (Å²) >= 11 is 3.57. The summed E-state index contributed by atoms with van der Waals surface area (Å²) in [6.45, 7) is 7.96. The number of nitrogens with zero attached hydrogens (tertiary/aromatic N) is 2. The van der Waals surface area contributed by atoms with E-state index in [-0.39, 0.29) is 23.5 Å². The molecule has 0 unspecified atom stereocenters. The van der Waals surface area contributed by atoms with Crippen LogP contribution >= 0.6 is 15.9 Å². The molecule has 49 heavy (non-hydrogen) atoms. The monoisotopic (exact) mass is 719 g/mol. The largest absolute Gasteiger partial charge is 0.490 e. The third-order valence-electron chi connectivity index (χ3n) is 9.36. The first-order valence-electron chi connectivity index (χ1n) is 16.8. The average Bonchev–Trinajstić information content (AvgIpc) is 3.09. The number of rotatable bonds is 8. The van der Waals surface area contributed by atoms with Gasteiger partial charge in [-0.2, -0.15) is 0 Å². The van der Waals surface area contributed by atoms with Gasteiger partial charge >= 0.3 is 6.03 Å². The summed E-state index contributed by atoms with van der Waals surface area (Å²) in [5, 5.41) is 2.43. The number of carbonyl (C=O) groups excluding carboxylic acids is 3. The Labute approximate surface area is 294 Å². The fourth-order valence-corrected chi connectivity index (χ4v) is 7.86. The maximum absolute atomic E-state index is 14.3. The molecule has 9 heteroatoms. The van der Waals surface area contributed by atoms with Gasteiger partial charge in [0.25, 0.3) is 11.8 Å². The molecular weight excluding hydrogens is 682 g/mol. The molecule has 0 aliphatic carbocycles. The second-order valence-corrected chi connectivity index (χ2v) is 13.7. The summed E-state index contributed by atoms with van der Waals surface area (Å²) in [5.74, 6) is -0.256. The highest BCUT2D eigenvalue weighted by Crippen LogP contribution is 2.50. The Balaban J connectivity index is 1.35. The summed E-state index contributed by atoms with van der Waals surface area (Å²) in [6.07, 6.45) is 3.22. The molecule has 0 bridgehead atoms. The standard InChI is InChI=1S/C40H38BrN3O5/c1-4-48-35-21-25(20-34(41)37(35)49-24(2)3)19-33-38(45)42-40(47)44(39(33)46)28-22-31-29(26-11-7-5-8-12-26)15-17-43-18-16-30(32(23-28)36(31)43)27-13-9-6-10-14-27/h5-14,19-24,29-30H,4,15-18H2,1-3H3,(H,42,45,47)/b33-19+/t29-,30-/m1/s1. The summed E-state index contributed by atoms with van der Waals surface area (Å²) in [6, 6.07) is 27.4. The Kier molecular flexibility index (Phi) is 9.03. The van der Waals surface area contributed by atoms with E-state index < -0.39 is 17.8 Å². The van der Waals surface area contributed by atoms with Crippen LogP contribution in [-0.4, -0.2) is 43.6 Å². The van der Waals surface area contributed by atoms with Crippen LogP contribution in [-0.2, 0) is 9.59 Å². The van der Waals surface area contributed by atoms with Crippen LogP contribution in [0, 0.1) is 0 Å². The molecule has 3 heterocycles. The Bertz CT molecular complexity index is 1890. The molecule has 250 valence electrons. The maximum Gasteiger partial charge on any atom is 0.335 e. The number of carbonyl (C=O) groups is 3. The van der Waals surface area contributed by atoms with E-state index >= 15 is 0 Å². The minimum atomic E-state index is -0.771. The first-order chi connectivity index (χ1) is 23.7. The van der Waals surface area contributed by atoms with Crippen molar-refractivity contribution in [1.29, 1.82) is 0 Å². The fraction of sp³-hybridized carbons (Fsp3) is 0.275. The van der Waals surface area contributed by atoms with E-state index in [1.54, 1.807) is 12.1 Å². The smallest absolute Gasteiger partial charge is 0.335 e. The van der Waals surface area contributed by atoms with Crippen LogP contribution in [0.4, 0.5) is 16.2 Å². The van der Waals surface area contributed by atoms with Crippen molar-refractivity contribution in [3.8, 4) is 11.5 Å². The highest BCUT2D eigenvalue weighted by molar-refractivity contribution is 9.10. The first-order valence-corrected chi connectivity index (χ1v) is 17.6. The summed E-state index contributed by atoms with van der Waals surface area (Å²) in [5.41, 5.74) is 6.56.